The number of aryl methyl sites for hydroxylation is 3. The lowest BCUT2D eigenvalue weighted by Crippen LogP contribution is -2.25. The Hall–Kier alpha value is -5.13. The molecular weight excluding hydrogens is 599 g/mol. The molecule has 0 radical (unpaired) electrons. The van der Waals surface area contributed by atoms with Gasteiger partial charge in [-0.2, -0.15) is 13.2 Å². The largest absolute Gasteiger partial charge is 0.494 e. The molecule has 238 valence electrons. The number of aromatic amines is 1. The maximum absolute atomic E-state index is 13.6. The molecule has 0 aliphatic carbocycles. The fourth-order valence-electron chi connectivity index (χ4n) is 5.99. The monoisotopic (exact) mass is 631 g/mol. The summed E-state index contributed by atoms with van der Waals surface area (Å²) in [4.78, 5) is 38.3. The quantitative estimate of drug-likeness (QED) is 0.162. The van der Waals surface area contributed by atoms with Crippen LogP contribution in [-0.2, 0) is 43.1 Å². The minimum Gasteiger partial charge on any atom is -0.494 e. The second-order valence-corrected chi connectivity index (χ2v) is 11.1. The average molecular weight is 632 g/mol. The second kappa shape index (κ2) is 12.7. The number of aromatic hydroxyl groups is 1. The van der Waals surface area contributed by atoms with Crippen LogP contribution >= 0.6 is 0 Å². The van der Waals surface area contributed by atoms with Crippen LogP contribution in [0.5, 0.6) is 5.88 Å². The van der Waals surface area contributed by atoms with Crippen LogP contribution in [0.15, 0.2) is 61.1 Å². The summed E-state index contributed by atoms with van der Waals surface area (Å²) < 4.78 is 46.6. The van der Waals surface area contributed by atoms with E-state index in [-0.39, 0.29) is 30.4 Å². The lowest BCUT2D eigenvalue weighted by atomic mass is 9.92. The first-order valence-electron chi connectivity index (χ1n) is 15.1. The number of hydrogen-bond acceptors (Lipinski definition) is 6. The number of carbonyl (C=O) groups is 2. The van der Waals surface area contributed by atoms with Gasteiger partial charge in [-0.15, -0.1) is 0 Å². The highest BCUT2D eigenvalue weighted by atomic mass is 19.4. The van der Waals surface area contributed by atoms with Crippen molar-refractivity contribution >= 4 is 22.8 Å². The topological polar surface area (TPSA) is 122 Å². The standard InChI is InChI=1S/C34H32F3N5O4/c1-2-46-33(45)28-25(14-7-20-5-12-23(13-6-20)34(35,36)37)41-30-26-4-3-17-42(26)32(44)29(30)27(28)21-8-10-22(11-9-21)31(43)39-16-15-24-18-38-19-40-24/h5-6,8-13,18-19,44H,2-4,7,14-17H2,1H3,(H,38,40)(H,39,43). The number of H-pyrrole nitrogens is 1. The molecule has 1 amide bonds. The number of aromatic nitrogens is 4. The van der Waals surface area contributed by atoms with E-state index in [4.69, 9.17) is 9.72 Å². The van der Waals surface area contributed by atoms with Gasteiger partial charge < -0.3 is 24.7 Å². The molecule has 2 aromatic carbocycles. The first-order valence-corrected chi connectivity index (χ1v) is 15.1. The summed E-state index contributed by atoms with van der Waals surface area (Å²) in [6.07, 6.45) is 1.52. The zero-order chi connectivity index (χ0) is 32.4. The molecule has 0 fully saturated rings. The Morgan fingerprint density at radius 3 is 2.50 bits per heavy atom. The third-order valence-corrected chi connectivity index (χ3v) is 8.23. The Kier molecular flexibility index (Phi) is 8.53. The van der Waals surface area contributed by atoms with Crippen molar-refractivity contribution in [3.63, 3.8) is 0 Å². The number of esters is 1. The van der Waals surface area contributed by atoms with Crippen LogP contribution in [0.1, 0.15) is 62.3 Å². The van der Waals surface area contributed by atoms with Gasteiger partial charge >= 0.3 is 12.1 Å². The van der Waals surface area contributed by atoms with Crippen LogP contribution in [0, 0.1) is 0 Å². The van der Waals surface area contributed by atoms with Crippen LogP contribution < -0.4 is 5.32 Å². The van der Waals surface area contributed by atoms with Crippen LogP contribution in [0.3, 0.4) is 0 Å². The van der Waals surface area contributed by atoms with Gasteiger partial charge in [0.1, 0.15) is 0 Å². The summed E-state index contributed by atoms with van der Waals surface area (Å²) in [5, 5.41) is 14.7. The van der Waals surface area contributed by atoms with Crippen molar-refractivity contribution in [2.45, 2.75) is 51.7 Å². The summed E-state index contributed by atoms with van der Waals surface area (Å²) in [7, 11) is 0. The van der Waals surface area contributed by atoms with Crippen molar-refractivity contribution < 1.29 is 32.6 Å². The fourth-order valence-corrected chi connectivity index (χ4v) is 5.99. The Morgan fingerprint density at radius 2 is 1.83 bits per heavy atom. The summed E-state index contributed by atoms with van der Waals surface area (Å²) in [5.74, 6) is -0.884. The minimum atomic E-state index is -4.44. The predicted molar refractivity (Wildman–Crippen MR) is 165 cm³/mol. The smallest absolute Gasteiger partial charge is 0.416 e. The third kappa shape index (κ3) is 6.07. The average Bonchev–Trinajstić information content (AvgIpc) is 3.80. The molecule has 3 N–H and O–H groups in total. The molecule has 0 unspecified atom stereocenters. The maximum atomic E-state index is 13.6. The highest BCUT2D eigenvalue weighted by Crippen LogP contribution is 2.44. The van der Waals surface area contributed by atoms with E-state index in [0.717, 1.165) is 29.9 Å². The van der Waals surface area contributed by atoms with Crippen molar-refractivity contribution in [1.82, 2.24) is 24.8 Å². The second-order valence-electron chi connectivity index (χ2n) is 11.1. The molecule has 1 aliphatic heterocycles. The summed E-state index contributed by atoms with van der Waals surface area (Å²) in [6.45, 7) is 2.80. The van der Waals surface area contributed by atoms with Crippen LogP contribution in [0.4, 0.5) is 13.2 Å². The molecule has 3 aromatic heterocycles. The SMILES string of the molecule is CCOC(=O)c1c(CCc2ccc(C(F)(F)F)cc2)nc2c3n(c(O)c2c1-c1ccc(C(=O)NCCc2cnc[nH]2)cc1)CCC3. The van der Waals surface area contributed by atoms with Gasteiger partial charge in [-0.1, -0.05) is 24.3 Å². The zero-order valence-corrected chi connectivity index (χ0v) is 25.1. The number of amides is 1. The molecule has 46 heavy (non-hydrogen) atoms. The molecular formula is C34H32F3N5O4. The normalized spacial score (nSPS) is 12.8. The number of pyridine rings is 1. The summed E-state index contributed by atoms with van der Waals surface area (Å²) in [6, 6.07) is 11.7. The Balaban J connectivity index is 1.39. The van der Waals surface area contributed by atoms with Gasteiger partial charge in [0.05, 0.1) is 40.7 Å². The number of nitrogens with zero attached hydrogens (tertiary/aromatic N) is 3. The molecule has 6 rings (SSSR count). The molecule has 1 aliphatic rings. The van der Waals surface area contributed by atoms with Gasteiger partial charge in [0, 0.05) is 48.2 Å². The van der Waals surface area contributed by atoms with E-state index in [1.807, 2.05) is 0 Å². The lowest BCUT2D eigenvalue weighted by Gasteiger charge is -2.16. The zero-order valence-electron chi connectivity index (χ0n) is 25.1. The maximum Gasteiger partial charge on any atom is 0.416 e. The molecule has 9 nitrogen and oxygen atoms in total. The number of benzene rings is 2. The predicted octanol–water partition coefficient (Wildman–Crippen LogP) is 6.03. The molecule has 0 saturated heterocycles. The van der Waals surface area contributed by atoms with Gasteiger partial charge in [-0.3, -0.25) is 4.79 Å². The van der Waals surface area contributed by atoms with E-state index in [9.17, 15) is 27.9 Å². The van der Waals surface area contributed by atoms with Gasteiger partial charge in [-0.05, 0) is 68.0 Å². The molecule has 0 saturated carbocycles. The molecule has 4 heterocycles. The van der Waals surface area contributed by atoms with Gasteiger partial charge in [-0.25, -0.2) is 14.8 Å². The van der Waals surface area contributed by atoms with E-state index in [1.54, 1.807) is 48.3 Å². The summed E-state index contributed by atoms with van der Waals surface area (Å²) >= 11 is 0. The number of carbonyl (C=O) groups excluding carboxylic acids is 2. The Morgan fingerprint density at radius 1 is 1.07 bits per heavy atom. The number of rotatable bonds is 10. The fraction of sp³-hybridized carbons (Fsp3) is 0.294. The Labute approximate surface area is 262 Å². The van der Waals surface area contributed by atoms with E-state index >= 15 is 0 Å². The molecule has 0 spiro atoms. The lowest BCUT2D eigenvalue weighted by molar-refractivity contribution is -0.137. The summed E-state index contributed by atoms with van der Waals surface area (Å²) in [5.41, 5.74) is 4.28. The van der Waals surface area contributed by atoms with Crippen LogP contribution in [0.2, 0.25) is 0 Å². The van der Waals surface area contributed by atoms with Crippen LogP contribution in [0.25, 0.3) is 22.0 Å². The van der Waals surface area contributed by atoms with E-state index in [1.165, 1.54) is 12.1 Å². The molecule has 5 aromatic rings. The van der Waals surface area contributed by atoms with Crippen molar-refractivity contribution in [3.8, 4) is 17.0 Å². The van der Waals surface area contributed by atoms with E-state index in [2.05, 4.69) is 15.3 Å². The molecule has 0 atom stereocenters. The van der Waals surface area contributed by atoms with Crippen molar-refractivity contribution in [1.29, 1.82) is 0 Å². The highest BCUT2D eigenvalue weighted by Gasteiger charge is 2.32. The van der Waals surface area contributed by atoms with E-state index < -0.39 is 17.7 Å². The highest BCUT2D eigenvalue weighted by molar-refractivity contribution is 6.11. The number of fused-ring (bicyclic) bond motifs is 3. The molecule has 12 heteroatoms. The van der Waals surface area contributed by atoms with Crippen LogP contribution in [-0.4, -0.2) is 49.7 Å². The Bertz CT molecular complexity index is 1880. The minimum absolute atomic E-state index is 0.00506. The first-order chi connectivity index (χ1) is 22.2. The third-order valence-electron chi connectivity index (χ3n) is 8.23. The number of hydrogen-bond donors (Lipinski definition) is 3. The van der Waals surface area contributed by atoms with Gasteiger partial charge in [0.25, 0.3) is 5.91 Å². The van der Waals surface area contributed by atoms with Crippen molar-refractivity contribution in [2.75, 3.05) is 13.2 Å². The molecule has 0 bridgehead atoms. The first kappa shape index (κ1) is 30.9. The van der Waals surface area contributed by atoms with Crippen molar-refractivity contribution in [2.24, 2.45) is 0 Å². The van der Waals surface area contributed by atoms with E-state index in [0.29, 0.717) is 71.2 Å². The van der Waals surface area contributed by atoms with Crippen molar-refractivity contribution in [3.05, 3.63) is 100 Å². The number of imidazole rings is 1. The number of ether oxygens (including phenoxy) is 1. The van der Waals surface area contributed by atoms with Gasteiger partial charge in [0.2, 0.25) is 5.88 Å². The van der Waals surface area contributed by atoms with Gasteiger partial charge in [0.15, 0.2) is 0 Å². The number of halogens is 3. The number of nitrogens with one attached hydrogen (secondary N) is 2. The number of alkyl halides is 3.